The highest BCUT2D eigenvalue weighted by Gasteiger charge is 2.23. The van der Waals surface area contributed by atoms with Gasteiger partial charge in [0.1, 0.15) is 0 Å². The summed E-state index contributed by atoms with van der Waals surface area (Å²) < 4.78 is 0. The molecule has 5 nitrogen and oxygen atoms in total. The van der Waals surface area contributed by atoms with Gasteiger partial charge >= 0.3 is 0 Å². The summed E-state index contributed by atoms with van der Waals surface area (Å²) in [7, 11) is 0. The molecule has 11 heavy (non-hydrogen) atoms. The number of hydrogen-bond donors (Lipinski definition) is 1. The molecule has 0 amide bonds. The van der Waals surface area contributed by atoms with E-state index in [4.69, 9.17) is 5.26 Å². The van der Waals surface area contributed by atoms with Crippen molar-refractivity contribution in [2.45, 2.75) is 13.3 Å². The molecule has 0 aliphatic heterocycles. The summed E-state index contributed by atoms with van der Waals surface area (Å²) in [6.45, 7) is 2.46. The lowest BCUT2D eigenvalue weighted by atomic mass is 10.3. The molecular formula is C6H10O5. The third-order valence-corrected chi connectivity index (χ3v) is 1.54. The molecule has 1 rings (SSSR count). The third-order valence-electron chi connectivity index (χ3n) is 1.54. The molecule has 0 radical (unpaired) electrons. The van der Waals surface area contributed by atoms with Gasteiger partial charge in [0.05, 0.1) is 6.61 Å². The van der Waals surface area contributed by atoms with Gasteiger partial charge < -0.3 is 0 Å². The fraction of sp³-hybridized carbons (Fsp3) is 0.667. The summed E-state index contributed by atoms with van der Waals surface area (Å²) in [5.74, 6) is 0.363. The maximum absolute atomic E-state index is 7.61. The quantitative estimate of drug-likeness (QED) is 0.275. The van der Waals surface area contributed by atoms with Gasteiger partial charge in [-0.15, -0.1) is 0 Å². The monoisotopic (exact) mass is 162 g/mol. The maximum Gasteiger partial charge on any atom is 0.0954 e. The predicted molar refractivity (Wildman–Crippen MR) is 33.7 cm³/mol. The van der Waals surface area contributed by atoms with E-state index in [2.05, 4.69) is 33.0 Å². The van der Waals surface area contributed by atoms with Gasteiger partial charge in [-0.1, -0.05) is 18.6 Å². The zero-order chi connectivity index (χ0) is 8.10. The van der Waals surface area contributed by atoms with Crippen LogP contribution >= 0.6 is 0 Å². The predicted octanol–water partition coefficient (Wildman–Crippen LogP) is 1.24. The van der Waals surface area contributed by atoms with Crippen molar-refractivity contribution in [2.24, 2.45) is 5.92 Å². The molecule has 0 saturated carbocycles. The maximum atomic E-state index is 7.61. The number of rotatable bonds is 6. The fourth-order valence-corrected chi connectivity index (χ4v) is 0.879. The van der Waals surface area contributed by atoms with Gasteiger partial charge in [-0.25, -0.2) is 10.1 Å². The Bertz CT molecular complexity index is 144. The lowest BCUT2D eigenvalue weighted by Crippen LogP contribution is -2.00. The van der Waals surface area contributed by atoms with Crippen LogP contribution in [0, 0.1) is 5.92 Å². The lowest BCUT2D eigenvalue weighted by molar-refractivity contribution is -0.702. The molecule has 5 heteroatoms. The summed E-state index contributed by atoms with van der Waals surface area (Å²) in [6, 6.07) is 0. The molecule has 1 aliphatic rings. The van der Waals surface area contributed by atoms with Gasteiger partial charge in [0.15, 0.2) is 0 Å². The summed E-state index contributed by atoms with van der Waals surface area (Å²) in [5.41, 5.74) is 1.35. The van der Waals surface area contributed by atoms with Gasteiger partial charge in [0.25, 0.3) is 0 Å². The van der Waals surface area contributed by atoms with Gasteiger partial charge in [0.2, 0.25) is 0 Å². The molecule has 1 atom stereocenters. The zero-order valence-corrected chi connectivity index (χ0v) is 6.15. The van der Waals surface area contributed by atoms with Crippen LogP contribution in [0.3, 0.4) is 0 Å². The highest BCUT2D eigenvalue weighted by atomic mass is 17.8. The molecule has 64 valence electrons. The first kappa shape index (κ1) is 8.63. The molecular weight excluding hydrogens is 152 g/mol. The van der Waals surface area contributed by atoms with Crippen molar-refractivity contribution in [2.75, 3.05) is 6.61 Å². The van der Waals surface area contributed by atoms with Crippen LogP contribution in [0.5, 0.6) is 0 Å². The van der Waals surface area contributed by atoms with Crippen LogP contribution in [0.1, 0.15) is 13.3 Å². The smallest absolute Gasteiger partial charge is 0.0954 e. The van der Waals surface area contributed by atoms with Crippen molar-refractivity contribution in [1.29, 1.82) is 0 Å². The van der Waals surface area contributed by atoms with Crippen LogP contribution in [0.4, 0.5) is 0 Å². The van der Waals surface area contributed by atoms with Gasteiger partial charge in [-0.2, -0.15) is 0 Å². The fourth-order valence-electron chi connectivity index (χ4n) is 0.879. The molecule has 0 aromatic rings. The summed E-state index contributed by atoms with van der Waals surface area (Å²) in [4.78, 5) is 4.47. The Morgan fingerprint density at radius 3 is 2.91 bits per heavy atom. The van der Waals surface area contributed by atoms with E-state index in [1.165, 1.54) is 5.57 Å². The van der Waals surface area contributed by atoms with Crippen molar-refractivity contribution in [1.82, 2.24) is 0 Å². The molecule has 1 N–H and O–H groups in total. The molecule has 1 unspecified atom stereocenters. The SMILES string of the molecule is CCC1=CC1COOOOO. The Hall–Kier alpha value is -0.460. The van der Waals surface area contributed by atoms with Gasteiger partial charge in [-0.05, 0) is 21.5 Å². The van der Waals surface area contributed by atoms with E-state index >= 15 is 0 Å². The van der Waals surface area contributed by atoms with E-state index in [-0.39, 0.29) is 0 Å². The second-order valence-corrected chi connectivity index (χ2v) is 2.20. The molecule has 0 aromatic heterocycles. The largest absolute Gasteiger partial charge is 0.219 e. The first-order chi connectivity index (χ1) is 5.38. The molecule has 0 fully saturated rings. The van der Waals surface area contributed by atoms with Crippen LogP contribution in [-0.2, 0) is 20.0 Å². The van der Waals surface area contributed by atoms with E-state index in [1.807, 2.05) is 0 Å². The van der Waals surface area contributed by atoms with E-state index < -0.39 is 0 Å². The van der Waals surface area contributed by atoms with Crippen LogP contribution in [0.2, 0.25) is 0 Å². The van der Waals surface area contributed by atoms with Gasteiger partial charge in [0, 0.05) is 5.92 Å². The Morgan fingerprint density at radius 1 is 1.55 bits per heavy atom. The normalized spacial score (nSPS) is 21.6. The Kier molecular flexibility index (Phi) is 3.47. The summed E-state index contributed by atoms with van der Waals surface area (Å²) in [6.07, 6.45) is 3.11. The van der Waals surface area contributed by atoms with Crippen LogP contribution < -0.4 is 0 Å². The van der Waals surface area contributed by atoms with Crippen molar-refractivity contribution >= 4 is 0 Å². The zero-order valence-electron chi connectivity index (χ0n) is 6.15. The van der Waals surface area contributed by atoms with Crippen LogP contribution in [-0.4, -0.2) is 11.9 Å². The highest BCUT2D eigenvalue weighted by Crippen LogP contribution is 2.31. The summed E-state index contributed by atoms with van der Waals surface area (Å²) >= 11 is 0. The Morgan fingerprint density at radius 2 is 2.36 bits per heavy atom. The van der Waals surface area contributed by atoms with Gasteiger partial charge in [-0.3, -0.25) is 0 Å². The molecule has 0 aromatic carbocycles. The summed E-state index contributed by atoms with van der Waals surface area (Å²) in [5, 5.41) is 18.2. The minimum atomic E-state index is 0.363. The minimum absolute atomic E-state index is 0.363. The molecule has 1 aliphatic carbocycles. The molecule has 0 bridgehead atoms. The van der Waals surface area contributed by atoms with E-state index in [9.17, 15) is 0 Å². The van der Waals surface area contributed by atoms with Crippen molar-refractivity contribution in [3.8, 4) is 0 Å². The first-order valence-corrected chi connectivity index (χ1v) is 3.35. The third kappa shape index (κ3) is 2.96. The molecule has 0 saturated heterocycles. The van der Waals surface area contributed by atoms with Crippen molar-refractivity contribution in [3.05, 3.63) is 11.6 Å². The molecule has 0 heterocycles. The van der Waals surface area contributed by atoms with E-state index in [0.717, 1.165) is 6.42 Å². The van der Waals surface area contributed by atoms with Crippen molar-refractivity contribution in [3.63, 3.8) is 0 Å². The second-order valence-electron chi connectivity index (χ2n) is 2.20. The highest BCUT2D eigenvalue weighted by molar-refractivity contribution is 5.28. The van der Waals surface area contributed by atoms with E-state index in [1.54, 1.807) is 0 Å². The minimum Gasteiger partial charge on any atom is -0.219 e. The van der Waals surface area contributed by atoms with E-state index in [0.29, 0.717) is 12.5 Å². The Labute approximate surface area is 63.8 Å². The van der Waals surface area contributed by atoms with Crippen molar-refractivity contribution < 1.29 is 25.3 Å². The lowest BCUT2D eigenvalue weighted by Gasteiger charge is -1.97. The average molecular weight is 162 g/mol. The second kappa shape index (κ2) is 4.42. The number of hydrogen-bond acceptors (Lipinski definition) is 5. The standard InChI is InChI=1S/C6H10O5/c1-2-5-3-6(5)4-8-10-11-9-7/h3,6-7H,2,4H2,1H3. The average Bonchev–Trinajstić information content (AvgIpc) is 2.77. The topological polar surface area (TPSA) is 57.2 Å². The van der Waals surface area contributed by atoms with Crippen LogP contribution in [0.25, 0.3) is 0 Å². The Balaban J connectivity index is 1.83. The first-order valence-electron chi connectivity index (χ1n) is 3.35. The van der Waals surface area contributed by atoms with Crippen LogP contribution in [0.15, 0.2) is 11.6 Å². The molecule has 0 spiro atoms.